The van der Waals surface area contributed by atoms with Gasteiger partial charge in [-0.25, -0.2) is 0 Å². The zero-order valence-electron chi connectivity index (χ0n) is 9.26. The Bertz CT molecular complexity index is 604. The second kappa shape index (κ2) is 4.09. The fourth-order valence-electron chi connectivity index (χ4n) is 1.30. The maximum absolute atomic E-state index is 11.7. The SMILES string of the molecule is Cc1cc(C(=O)Nc2nn(C)cc2C#N)on1. The van der Waals surface area contributed by atoms with Crippen molar-refractivity contribution < 1.29 is 9.32 Å². The highest BCUT2D eigenvalue weighted by atomic mass is 16.5. The molecule has 0 radical (unpaired) electrons. The number of hydrogen-bond donors (Lipinski definition) is 1. The summed E-state index contributed by atoms with van der Waals surface area (Å²) in [5.41, 5.74) is 0.897. The Balaban J connectivity index is 2.21. The van der Waals surface area contributed by atoms with E-state index in [4.69, 9.17) is 9.78 Å². The van der Waals surface area contributed by atoms with Crippen LogP contribution in [0.3, 0.4) is 0 Å². The molecule has 0 aromatic carbocycles. The van der Waals surface area contributed by atoms with Gasteiger partial charge in [0.25, 0.3) is 5.91 Å². The first-order chi connectivity index (χ1) is 8.10. The summed E-state index contributed by atoms with van der Waals surface area (Å²) in [4.78, 5) is 11.7. The summed E-state index contributed by atoms with van der Waals surface area (Å²) < 4.78 is 6.24. The fraction of sp³-hybridized carbons (Fsp3) is 0.200. The third-order valence-corrected chi connectivity index (χ3v) is 2.03. The van der Waals surface area contributed by atoms with Gasteiger partial charge in [0.2, 0.25) is 5.76 Å². The largest absolute Gasteiger partial charge is 0.351 e. The number of nitrogens with zero attached hydrogens (tertiary/aromatic N) is 4. The number of nitriles is 1. The van der Waals surface area contributed by atoms with Gasteiger partial charge in [0.15, 0.2) is 5.82 Å². The molecule has 1 amide bonds. The van der Waals surface area contributed by atoms with Crippen molar-refractivity contribution >= 4 is 11.7 Å². The highest BCUT2D eigenvalue weighted by Crippen LogP contribution is 2.12. The van der Waals surface area contributed by atoms with Crippen molar-refractivity contribution in [2.45, 2.75) is 6.92 Å². The van der Waals surface area contributed by atoms with Crippen LogP contribution < -0.4 is 5.32 Å². The van der Waals surface area contributed by atoms with Gasteiger partial charge < -0.3 is 9.84 Å². The number of rotatable bonds is 2. The Morgan fingerprint density at radius 3 is 3.00 bits per heavy atom. The number of carbonyl (C=O) groups is 1. The van der Waals surface area contributed by atoms with Gasteiger partial charge in [-0.15, -0.1) is 0 Å². The van der Waals surface area contributed by atoms with Crippen LogP contribution in [-0.2, 0) is 7.05 Å². The van der Waals surface area contributed by atoms with Crippen LogP contribution in [0.2, 0.25) is 0 Å². The van der Waals surface area contributed by atoms with Gasteiger partial charge in [-0.3, -0.25) is 9.48 Å². The van der Waals surface area contributed by atoms with E-state index in [1.807, 2.05) is 6.07 Å². The minimum absolute atomic E-state index is 0.0806. The minimum atomic E-state index is -0.485. The smallest absolute Gasteiger partial charge is 0.295 e. The predicted octanol–water partition coefficient (Wildman–Crippen LogP) is 0.840. The summed E-state index contributed by atoms with van der Waals surface area (Å²) >= 11 is 0. The van der Waals surface area contributed by atoms with Crippen LogP contribution in [0.4, 0.5) is 5.82 Å². The van der Waals surface area contributed by atoms with E-state index in [0.29, 0.717) is 5.69 Å². The van der Waals surface area contributed by atoms with Crippen molar-refractivity contribution in [3.8, 4) is 6.07 Å². The first kappa shape index (κ1) is 10.9. The van der Waals surface area contributed by atoms with Crippen LogP contribution in [-0.4, -0.2) is 20.8 Å². The molecule has 86 valence electrons. The highest BCUT2D eigenvalue weighted by Gasteiger charge is 2.15. The molecule has 2 aromatic heterocycles. The lowest BCUT2D eigenvalue weighted by molar-refractivity contribution is 0.0987. The van der Waals surface area contributed by atoms with E-state index in [0.717, 1.165) is 0 Å². The van der Waals surface area contributed by atoms with E-state index < -0.39 is 5.91 Å². The Labute approximate surface area is 96.6 Å². The Hall–Kier alpha value is -2.62. The summed E-state index contributed by atoms with van der Waals surface area (Å²) in [6.45, 7) is 1.71. The van der Waals surface area contributed by atoms with Crippen molar-refractivity contribution in [2.24, 2.45) is 7.05 Å². The zero-order valence-corrected chi connectivity index (χ0v) is 9.26. The molecule has 0 bridgehead atoms. The first-order valence-corrected chi connectivity index (χ1v) is 4.78. The molecule has 1 N–H and O–H groups in total. The average Bonchev–Trinajstić information content (AvgIpc) is 2.85. The maximum Gasteiger partial charge on any atom is 0.295 e. The van der Waals surface area contributed by atoms with Gasteiger partial charge >= 0.3 is 0 Å². The lowest BCUT2D eigenvalue weighted by Gasteiger charge is -1.97. The van der Waals surface area contributed by atoms with E-state index in [-0.39, 0.29) is 17.1 Å². The van der Waals surface area contributed by atoms with Crippen LogP contribution >= 0.6 is 0 Å². The number of hydrogen-bond acceptors (Lipinski definition) is 5. The van der Waals surface area contributed by atoms with Gasteiger partial charge in [-0.1, -0.05) is 5.16 Å². The van der Waals surface area contributed by atoms with E-state index in [9.17, 15) is 4.79 Å². The first-order valence-electron chi connectivity index (χ1n) is 4.78. The molecule has 0 saturated carbocycles. The molecule has 0 saturated heterocycles. The number of nitrogens with one attached hydrogen (secondary N) is 1. The number of anilines is 1. The highest BCUT2D eigenvalue weighted by molar-refractivity contribution is 6.02. The molecule has 2 aromatic rings. The van der Waals surface area contributed by atoms with Crippen molar-refractivity contribution in [1.82, 2.24) is 14.9 Å². The normalized spacial score (nSPS) is 9.94. The number of carbonyl (C=O) groups excluding carboxylic acids is 1. The van der Waals surface area contributed by atoms with Gasteiger partial charge in [0.1, 0.15) is 11.6 Å². The topological polar surface area (TPSA) is 96.7 Å². The van der Waals surface area contributed by atoms with Crippen molar-refractivity contribution in [2.75, 3.05) is 5.32 Å². The molecular weight excluding hydrogens is 222 g/mol. The van der Waals surface area contributed by atoms with Crippen LogP contribution in [0, 0.1) is 18.3 Å². The molecule has 7 heteroatoms. The predicted molar refractivity (Wildman–Crippen MR) is 57.1 cm³/mol. The van der Waals surface area contributed by atoms with Crippen LogP contribution in [0.5, 0.6) is 0 Å². The standard InChI is InChI=1S/C10H9N5O2/c1-6-3-8(17-14-6)10(16)12-9-7(4-11)5-15(2)13-9/h3,5H,1-2H3,(H,12,13,16). The summed E-state index contributed by atoms with van der Waals surface area (Å²) in [5, 5.41) is 18.9. The molecule has 2 heterocycles. The maximum atomic E-state index is 11.7. The molecule has 0 atom stereocenters. The number of aromatic nitrogens is 3. The fourth-order valence-corrected chi connectivity index (χ4v) is 1.30. The second-order valence-corrected chi connectivity index (χ2v) is 3.46. The van der Waals surface area contributed by atoms with Crippen molar-refractivity contribution in [3.05, 3.63) is 29.3 Å². The summed E-state index contributed by atoms with van der Waals surface area (Å²) in [6.07, 6.45) is 1.52. The molecule has 0 unspecified atom stereocenters. The van der Waals surface area contributed by atoms with E-state index >= 15 is 0 Å². The lowest BCUT2D eigenvalue weighted by Crippen LogP contribution is -2.12. The van der Waals surface area contributed by atoms with Crippen molar-refractivity contribution in [1.29, 1.82) is 5.26 Å². The Kier molecular flexibility index (Phi) is 2.62. The minimum Gasteiger partial charge on any atom is -0.351 e. The van der Waals surface area contributed by atoms with Gasteiger partial charge in [0, 0.05) is 19.3 Å². The Morgan fingerprint density at radius 1 is 1.65 bits per heavy atom. The number of amides is 1. The van der Waals surface area contributed by atoms with E-state index in [1.165, 1.54) is 16.9 Å². The molecular formula is C10H9N5O2. The van der Waals surface area contributed by atoms with Crippen LogP contribution in [0.1, 0.15) is 21.8 Å². The summed E-state index contributed by atoms with van der Waals surface area (Å²) in [5.74, 6) is -0.202. The lowest BCUT2D eigenvalue weighted by atomic mass is 10.3. The quantitative estimate of drug-likeness (QED) is 0.825. The molecule has 0 aliphatic carbocycles. The Morgan fingerprint density at radius 2 is 2.41 bits per heavy atom. The third-order valence-electron chi connectivity index (χ3n) is 2.03. The molecule has 2 rings (SSSR count). The second-order valence-electron chi connectivity index (χ2n) is 3.46. The monoisotopic (exact) mass is 231 g/mol. The zero-order chi connectivity index (χ0) is 12.4. The van der Waals surface area contributed by atoms with Gasteiger partial charge in [-0.05, 0) is 6.92 Å². The van der Waals surface area contributed by atoms with Crippen LogP contribution in [0.15, 0.2) is 16.8 Å². The number of aryl methyl sites for hydroxylation is 2. The molecule has 0 aliphatic heterocycles. The molecule has 17 heavy (non-hydrogen) atoms. The van der Waals surface area contributed by atoms with Crippen molar-refractivity contribution in [3.63, 3.8) is 0 Å². The molecule has 0 spiro atoms. The van der Waals surface area contributed by atoms with E-state index in [1.54, 1.807) is 14.0 Å². The third kappa shape index (κ3) is 2.15. The van der Waals surface area contributed by atoms with Gasteiger partial charge in [0.05, 0.1) is 5.69 Å². The average molecular weight is 231 g/mol. The van der Waals surface area contributed by atoms with Crippen LogP contribution in [0.25, 0.3) is 0 Å². The van der Waals surface area contributed by atoms with E-state index in [2.05, 4.69) is 15.6 Å². The summed E-state index contributed by atoms with van der Waals surface area (Å²) in [7, 11) is 1.66. The molecule has 0 aliphatic rings. The van der Waals surface area contributed by atoms with Gasteiger partial charge in [-0.2, -0.15) is 10.4 Å². The molecule has 7 nitrogen and oxygen atoms in total. The summed E-state index contributed by atoms with van der Waals surface area (Å²) in [6, 6.07) is 3.44. The molecule has 0 fully saturated rings.